The minimum Gasteiger partial charge on any atom is -0.464 e. The molecular weight excluding hydrogens is 456 g/mol. The number of nitro benzene ring substituents is 1. The monoisotopic (exact) mass is 476 g/mol. The van der Waals surface area contributed by atoms with Gasteiger partial charge in [0, 0.05) is 33.9 Å². The molecule has 3 aromatic rings. The quantitative estimate of drug-likeness (QED) is 0.219. The Morgan fingerprint density at radius 2 is 1.68 bits per heavy atom. The number of Topliss-reactive ketones (excluding diaryl/α,β-unsaturated/α-hetero) is 1. The van der Waals surface area contributed by atoms with E-state index < -0.39 is 22.5 Å². The van der Waals surface area contributed by atoms with Crippen LogP contribution in [0.4, 0.5) is 5.69 Å². The van der Waals surface area contributed by atoms with Crippen LogP contribution < -0.4 is 5.32 Å². The highest BCUT2D eigenvalue weighted by atomic mass is 35.5. The summed E-state index contributed by atoms with van der Waals surface area (Å²) < 4.78 is 5.40. The van der Waals surface area contributed by atoms with Crippen molar-refractivity contribution >= 4 is 29.0 Å². The Morgan fingerprint density at radius 3 is 2.29 bits per heavy atom. The van der Waals surface area contributed by atoms with Gasteiger partial charge in [-0.2, -0.15) is 0 Å². The number of esters is 1. The number of ether oxygens (including phenoxy) is 1. The van der Waals surface area contributed by atoms with Crippen molar-refractivity contribution in [1.29, 1.82) is 0 Å². The molecule has 1 heterocycles. The van der Waals surface area contributed by atoms with E-state index in [1.807, 2.05) is 0 Å². The molecule has 8 heteroatoms. The van der Waals surface area contributed by atoms with Crippen molar-refractivity contribution in [2.75, 3.05) is 6.61 Å². The van der Waals surface area contributed by atoms with Gasteiger partial charge in [0.15, 0.2) is 11.3 Å². The molecule has 0 bridgehead atoms. The predicted molar refractivity (Wildman–Crippen MR) is 128 cm³/mol. The number of benzene rings is 3. The van der Waals surface area contributed by atoms with Gasteiger partial charge >= 0.3 is 5.97 Å². The third-order valence-corrected chi connectivity index (χ3v) is 6.02. The average molecular weight is 477 g/mol. The Kier molecular flexibility index (Phi) is 6.58. The third-order valence-electron chi connectivity index (χ3n) is 5.69. The number of nitrogens with zero attached hydrogens (tertiary/aromatic N) is 1. The minimum atomic E-state index is -1.53. The fourth-order valence-corrected chi connectivity index (χ4v) is 4.36. The van der Waals surface area contributed by atoms with Crippen LogP contribution in [0, 0.1) is 10.1 Å². The lowest BCUT2D eigenvalue weighted by Crippen LogP contribution is -2.47. The first-order valence-electron chi connectivity index (χ1n) is 10.6. The van der Waals surface area contributed by atoms with E-state index in [4.69, 9.17) is 16.3 Å². The van der Waals surface area contributed by atoms with Crippen LogP contribution >= 0.6 is 11.6 Å². The first kappa shape index (κ1) is 23.4. The maximum Gasteiger partial charge on any atom is 0.335 e. The van der Waals surface area contributed by atoms with Gasteiger partial charge in [-0.3, -0.25) is 20.2 Å². The maximum atomic E-state index is 13.6. The van der Waals surface area contributed by atoms with Crippen LogP contribution in [0.2, 0.25) is 5.02 Å². The van der Waals surface area contributed by atoms with E-state index in [0.717, 1.165) is 0 Å². The lowest BCUT2D eigenvalue weighted by atomic mass is 9.89. The first-order valence-corrected chi connectivity index (χ1v) is 11.0. The molecule has 0 fully saturated rings. The summed E-state index contributed by atoms with van der Waals surface area (Å²) in [5.74, 6) is -0.888. The topological polar surface area (TPSA) is 98.5 Å². The van der Waals surface area contributed by atoms with Crippen molar-refractivity contribution < 1.29 is 19.2 Å². The molecular formula is C26H21ClN2O5. The lowest BCUT2D eigenvalue weighted by Gasteiger charge is -2.29. The van der Waals surface area contributed by atoms with E-state index >= 15 is 0 Å². The van der Waals surface area contributed by atoms with Crippen LogP contribution in [0.3, 0.4) is 0 Å². The number of carbonyl (C=O) groups is 2. The number of ketones is 1. The molecule has 7 nitrogen and oxygen atoms in total. The molecule has 0 amide bonds. The summed E-state index contributed by atoms with van der Waals surface area (Å²) in [4.78, 5) is 37.6. The van der Waals surface area contributed by atoms with Gasteiger partial charge in [0.05, 0.1) is 17.6 Å². The van der Waals surface area contributed by atoms with Crippen LogP contribution in [-0.4, -0.2) is 23.3 Å². The average Bonchev–Trinajstić information content (AvgIpc) is 3.26. The van der Waals surface area contributed by atoms with Crippen molar-refractivity contribution in [2.45, 2.75) is 18.5 Å². The second kappa shape index (κ2) is 9.59. The number of non-ortho nitro benzene ring substituents is 1. The van der Waals surface area contributed by atoms with E-state index in [9.17, 15) is 19.7 Å². The highest BCUT2D eigenvalue weighted by molar-refractivity contribution is 6.31. The SMILES string of the molecule is CCOC(=O)[C@@]1(c2ccccc2Cl)C=C(C(=O)c2ccccc2)[C@H](c2ccc([N+](=O)[O-])cc2)N1. The zero-order valence-electron chi connectivity index (χ0n) is 18.2. The van der Waals surface area contributed by atoms with Crippen molar-refractivity contribution in [3.63, 3.8) is 0 Å². The molecule has 1 aliphatic heterocycles. The minimum absolute atomic E-state index is 0.0792. The fraction of sp³-hybridized carbons (Fsp3) is 0.154. The van der Waals surface area contributed by atoms with E-state index in [1.54, 1.807) is 79.7 Å². The summed E-state index contributed by atoms with van der Waals surface area (Å²) in [5.41, 5.74) is 0.177. The molecule has 34 heavy (non-hydrogen) atoms. The largest absolute Gasteiger partial charge is 0.464 e. The molecule has 0 aromatic heterocycles. The van der Waals surface area contributed by atoms with Gasteiger partial charge in [-0.15, -0.1) is 0 Å². The summed E-state index contributed by atoms with van der Waals surface area (Å²) in [6.07, 6.45) is 1.56. The third kappa shape index (κ3) is 4.23. The first-order chi connectivity index (χ1) is 16.4. The molecule has 3 aromatic carbocycles. The van der Waals surface area contributed by atoms with Gasteiger partial charge in [-0.1, -0.05) is 72.3 Å². The molecule has 0 saturated heterocycles. The molecule has 0 spiro atoms. The Morgan fingerprint density at radius 1 is 1.03 bits per heavy atom. The highest BCUT2D eigenvalue weighted by Crippen LogP contribution is 2.43. The summed E-state index contributed by atoms with van der Waals surface area (Å²) in [6.45, 7) is 1.82. The molecule has 4 rings (SSSR count). The van der Waals surface area contributed by atoms with Crippen molar-refractivity contribution in [2.24, 2.45) is 0 Å². The number of halogens is 1. The number of nitro groups is 1. The number of rotatable bonds is 7. The number of carbonyl (C=O) groups excluding carboxylic acids is 2. The summed E-state index contributed by atoms with van der Waals surface area (Å²) >= 11 is 6.49. The zero-order valence-corrected chi connectivity index (χ0v) is 19.0. The van der Waals surface area contributed by atoms with Crippen LogP contribution in [0.1, 0.15) is 34.5 Å². The van der Waals surface area contributed by atoms with Crippen molar-refractivity contribution in [1.82, 2.24) is 5.32 Å². The van der Waals surface area contributed by atoms with Gasteiger partial charge in [0.2, 0.25) is 0 Å². The molecule has 172 valence electrons. The van der Waals surface area contributed by atoms with E-state index in [0.29, 0.717) is 27.3 Å². The Bertz CT molecular complexity index is 1270. The predicted octanol–water partition coefficient (Wildman–Crippen LogP) is 5.16. The molecule has 0 unspecified atom stereocenters. The Balaban J connectivity index is 1.90. The summed E-state index contributed by atoms with van der Waals surface area (Å²) in [7, 11) is 0. The van der Waals surface area contributed by atoms with E-state index in [2.05, 4.69) is 5.32 Å². The van der Waals surface area contributed by atoms with Crippen LogP contribution in [0.25, 0.3) is 0 Å². The van der Waals surface area contributed by atoms with Gasteiger partial charge < -0.3 is 4.74 Å². The Labute approximate surface area is 201 Å². The maximum absolute atomic E-state index is 13.6. The zero-order chi connectivity index (χ0) is 24.3. The molecule has 2 atom stereocenters. The normalized spacial score (nSPS) is 19.4. The van der Waals surface area contributed by atoms with Gasteiger partial charge in [0.1, 0.15) is 0 Å². The van der Waals surface area contributed by atoms with Crippen LogP contribution in [-0.2, 0) is 15.1 Å². The standard InChI is InChI=1S/C26H21ClN2O5/c1-2-34-25(31)26(21-10-6-7-11-22(21)27)16-20(24(30)18-8-4-3-5-9-18)23(28-26)17-12-14-19(15-13-17)29(32)33/h3-16,23,28H,2H2,1H3/t23-,26-/m0/s1. The molecule has 1 aliphatic rings. The van der Waals surface area contributed by atoms with Gasteiger partial charge in [0.25, 0.3) is 5.69 Å². The second-order valence-corrected chi connectivity index (χ2v) is 8.14. The Hall–Kier alpha value is -3.81. The molecule has 0 aliphatic carbocycles. The molecule has 0 saturated carbocycles. The van der Waals surface area contributed by atoms with Crippen LogP contribution in [0.5, 0.6) is 0 Å². The number of nitrogens with one attached hydrogen (secondary N) is 1. The van der Waals surface area contributed by atoms with Gasteiger partial charge in [-0.05, 0) is 24.6 Å². The van der Waals surface area contributed by atoms with Gasteiger partial charge in [-0.25, -0.2) is 4.79 Å². The summed E-state index contributed by atoms with van der Waals surface area (Å²) in [5, 5.41) is 14.7. The lowest BCUT2D eigenvalue weighted by molar-refractivity contribution is -0.384. The molecule has 1 N–H and O–H groups in total. The van der Waals surface area contributed by atoms with E-state index in [-0.39, 0.29) is 18.1 Å². The smallest absolute Gasteiger partial charge is 0.335 e. The fourth-order valence-electron chi connectivity index (χ4n) is 4.08. The second-order valence-electron chi connectivity index (χ2n) is 7.73. The molecule has 0 radical (unpaired) electrons. The van der Waals surface area contributed by atoms with Crippen LogP contribution in [0.15, 0.2) is 90.5 Å². The van der Waals surface area contributed by atoms with E-state index in [1.165, 1.54) is 12.1 Å². The van der Waals surface area contributed by atoms with Crippen molar-refractivity contribution in [3.8, 4) is 0 Å². The number of hydrogen-bond acceptors (Lipinski definition) is 6. The summed E-state index contributed by atoms with van der Waals surface area (Å²) in [6, 6.07) is 20.7. The number of hydrogen-bond donors (Lipinski definition) is 1. The van der Waals surface area contributed by atoms with Crippen molar-refractivity contribution in [3.05, 3.63) is 122 Å². The highest BCUT2D eigenvalue weighted by Gasteiger charge is 2.50.